The van der Waals surface area contributed by atoms with Gasteiger partial charge in [0.25, 0.3) is 0 Å². The van der Waals surface area contributed by atoms with Crippen molar-refractivity contribution in [1.82, 2.24) is 10.3 Å². The van der Waals surface area contributed by atoms with Gasteiger partial charge in [0, 0.05) is 24.9 Å². The van der Waals surface area contributed by atoms with Crippen LogP contribution in [0.15, 0.2) is 0 Å². The molecule has 0 unspecified atom stereocenters. The topological polar surface area (TPSA) is 91.3 Å². The lowest BCUT2D eigenvalue weighted by Crippen LogP contribution is -2.26. The zero-order valence-corrected chi connectivity index (χ0v) is 10.6. The number of amides is 1. The monoisotopic (exact) mass is 257 g/mol. The van der Waals surface area contributed by atoms with Crippen molar-refractivity contribution in [2.45, 2.75) is 20.3 Å². The first-order valence-electron chi connectivity index (χ1n) is 5.15. The molecule has 0 aliphatic rings. The minimum atomic E-state index is -0.860. The molecule has 0 aliphatic heterocycles. The Labute approximate surface area is 103 Å². The van der Waals surface area contributed by atoms with E-state index in [2.05, 4.69) is 15.6 Å². The molecule has 1 rings (SSSR count). The molecule has 1 aromatic rings. The second-order valence-corrected chi connectivity index (χ2v) is 4.59. The zero-order chi connectivity index (χ0) is 12.8. The maximum absolute atomic E-state index is 10.6. The second-order valence-electron chi connectivity index (χ2n) is 3.51. The van der Waals surface area contributed by atoms with Crippen LogP contribution >= 0.6 is 11.3 Å². The van der Waals surface area contributed by atoms with Gasteiger partial charge in [-0.1, -0.05) is 0 Å². The van der Waals surface area contributed by atoms with E-state index in [-0.39, 0.29) is 12.3 Å². The molecule has 0 saturated heterocycles. The molecule has 0 aromatic carbocycles. The number of nitrogens with zero attached hydrogens (tertiary/aromatic N) is 1. The number of carboxylic acids is 1. The Morgan fingerprint density at radius 2 is 2.12 bits per heavy atom. The largest absolute Gasteiger partial charge is 0.481 e. The minimum Gasteiger partial charge on any atom is -0.481 e. The van der Waals surface area contributed by atoms with Crippen LogP contribution in [0.5, 0.6) is 0 Å². The van der Waals surface area contributed by atoms with E-state index in [1.165, 1.54) is 18.3 Å². The minimum absolute atomic E-state index is 0.00310. The summed E-state index contributed by atoms with van der Waals surface area (Å²) in [4.78, 5) is 26.2. The van der Waals surface area contributed by atoms with Crippen molar-refractivity contribution in [3.63, 3.8) is 0 Å². The summed E-state index contributed by atoms with van der Waals surface area (Å²) in [6, 6.07) is 0. The SMILES string of the molecule is CC(=O)NCCNc1nc(C)c(CC(=O)O)s1. The van der Waals surface area contributed by atoms with Gasteiger partial charge in [0.05, 0.1) is 12.1 Å². The van der Waals surface area contributed by atoms with Crippen molar-refractivity contribution >= 4 is 28.3 Å². The third-order valence-corrected chi connectivity index (χ3v) is 3.09. The van der Waals surface area contributed by atoms with E-state index in [0.717, 1.165) is 10.6 Å². The van der Waals surface area contributed by atoms with Crippen LogP contribution in [-0.2, 0) is 16.0 Å². The molecular weight excluding hydrogens is 242 g/mol. The number of hydrogen-bond donors (Lipinski definition) is 3. The van der Waals surface area contributed by atoms with Crippen molar-refractivity contribution in [3.05, 3.63) is 10.6 Å². The van der Waals surface area contributed by atoms with Crippen LogP contribution in [0.2, 0.25) is 0 Å². The van der Waals surface area contributed by atoms with Gasteiger partial charge >= 0.3 is 5.97 Å². The van der Waals surface area contributed by atoms with Crippen LogP contribution in [0.3, 0.4) is 0 Å². The van der Waals surface area contributed by atoms with Crippen molar-refractivity contribution < 1.29 is 14.7 Å². The van der Waals surface area contributed by atoms with Gasteiger partial charge in [0.15, 0.2) is 5.13 Å². The van der Waals surface area contributed by atoms with Crippen LogP contribution in [0.1, 0.15) is 17.5 Å². The molecule has 7 heteroatoms. The fraction of sp³-hybridized carbons (Fsp3) is 0.500. The number of rotatable bonds is 6. The van der Waals surface area contributed by atoms with Crippen LogP contribution in [-0.4, -0.2) is 35.1 Å². The first-order valence-corrected chi connectivity index (χ1v) is 5.97. The fourth-order valence-electron chi connectivity index (χ4n) is 1.21. The maximum Gasteiger partial charge on any atom is 0.308 e. The number of nitrogens with one attached hydrogen (secondary N) is 2. The highest BCUT2D eigenvalue weighted by Crippen LogP contribution is 2.22. The number of hydrogen-bond acceptors (Lipinski definition) is 5. The Morgan fingerprint density at radius 1 is 1.41 bits per heavy atom. The standard InChI is InChI=1S/C10H15N3O3S/c1-6-8(5-9(15)16)17-10(13-6)12-4-3-11-7(2)14/h3-5H2,1-2H3,(H,11,14)(H,12,13)(H,15,16). The Balaban J connectivity index is 2.44. The van der Waals surface area contributed by atoms with Crippen LogP contribution in [0, 0.1) is 6.92 Å². The summed E-state index contributed by atoms with van der Waals surface area (Å²) < 4.78 is 0. The number of aryl methyl sites for hydroxylation is 1. The van der Waals surface area contributed by atoms with Crippen molar-refractivity contribution in [1.29, 1.82) is 0 Å². The molecule has 1 heterocycles. The number of aliphatic carboxylic acids is 1. The van der Waals surface area contributed by atoms with E-state index in [0.29, 0.717) is 18.2 Å². The van der Waals surface area contributed by atoms with Gasteiger partial charge in [-0.2, -0.15) is 0 Å². The Kier molecular flexibility index (Phi) is 4.89. The van der Waals surface area contributed by atoms with E-state index >= 15 is 0 Å². The number of aromatic nitrogens is 1. The van der Waals surface area contributed by atoms with E-state index < -0.39 is 5.97 Å². The molecular formula is C10H15N3O3S. The Bertz CT molecular complexity index is 417. The van der Waals surface area contributed by atoms with E-state index in [9.17, 15) is 9.59 Å². The van der Waals surface area contributed by atoms with Crippen molar-refractivity contribution in [2.75, 3.05) is 18.4 Å². The highest BCUT2D eigenvalue weighted by Gasteiger charge is 2.10. The molecule has 0 saturated carbocycles. The Hall–Kier alpha value is -1.63. The molecule has 94 valence electrons. The summed E-state index contributed by atoms with van der Waals surface area (Å²) >= 11 is 1.33. The van der Waals surface area contributed by atoms with Gasteiger partial charge in [0.2, 0.25) is 5.91 Å². The lowest BCUT2D eigenvalue weighted by atomic mass is 10.3. The first-order chi connectivity index (χ1) is 7.99. The average Bonchev–Trinajstić information content (AvgIpc) is 2.53. The molecule has 0 atom stereocenters. The molecule has 0 aliphatic carbocycles. The highest BCUT2D eigenvalue weighted by molar-refractivity contribution is 7.15. The van der Waals surface area contributed by atoms with E-state index in [1.807, 2.05) is 0 Å². The number of thiazole rings is 1. The third kappa shape index (κ3) is 4.81. The normalized spacial score (nSPS) is 10.0. The fourth-order valence-corrected chi connectivity index (χ4v) is 2.19. The summed E-state index contributed by atoms with van der Waals surface area (Å²) in [6.45, 7) is 4.33. The third-order valence-electron chi connectivity index (χ3n) is 1.98. The number of carbonyl (C=O) groups excluding carboxylic acids is 1. The molecule has 1 aromatic heterocycles. The second kappa shape index (κ2) is 6.19. The predicted molar refractivity (Wildman–Crippen MR) is 65.4 cm³/mol. The summed E-state index contributed by atoms with van der Waals surface area (Å²) in [7, 11) is 0. The molecule has 3 N–H and O–H groups in total. The molecule has 0 spiro atoms. The maximum atomic E-state index is 10.6. The highest BCUT2D eigenvalue weighted by atomic mass is 32.1. The lowest BCUT2D eigenvalue weighted by molar-refractivity contribution is -0.136. The van der Waals surface area contributed by atoms with Gasteiger partial charge in [-0.05, 0) is 6.92 Å². The molecule has 0 radical (unpaired) electrons. The summed E-state index contributed by atoms with van der Waals surface area (Å²) in [5.41, 5.74) is 0.736. The number of anilines is 1. The van der Waals surface area contributed by atoms with E-state index in [4.69, 9.17) is 5.11 Å². The van der Waals surface area contributed by atoms with Crippen molar-refractivity contribution in [3.8, 4) is 0 Å². The number of carboxylic acid groups (broad SMARTS) is 1. The van der Waals surface area contributed by atoms with Gasteiger partial charge in [-0.3, -0.25) is 9.59 Å². The Morgan fingerprint density at radius 3 is 2.71 bits per heavy atom. The summed E-state index contributed by atoms with van der Waals surface area (Å²) in [5.74, 6) is -0.935. The number of carbonyl (C=O) groups is 2. The summed E-state index contributed by atoms with van der Waals surface area (Å²) in [6.07, 6.45) is -0.00310. The van der Waals surface area contributed by atoms with Crippen LogP contribution in [0.4, 0.5) is 5.13 Å². The molecule has 1 amide bonds. The summed E-state index contributed by atoms with van der Waals surface area (Å²) in [5, 5.41) is 15.1. The van der Waals surface area contributed by atoms with Gasteiger partial charge in [0.1, 0.15) is 0 Å². The smallest absolute Gasteiger partial charge is 0.308 e. The quantitative estimate of drug-likeness (QED) is 0.650. The lowest BCUT2D eigenvalue weighted by Gasteiger charge is -2.02. The van der Waals surface area contributed by atoms with Gasteiger partial charge in [-0.25, -0.2) is 4.98 Å². The molecule has 0 fully saturated rings. The van der Waals surface area contributed by atoms with Gasteiger partial charge in [-0.15, -0.1) is 11.3 Å². The van der Waals surface area contributed by atoms with Crippen LogP contribution in [0.25, 0.3) is 0 Å². The molecule has 17 heavy (non-hydrogen) atoms. The predicted octanol–water partition coefficient (Wildman–Crippen LogP) is 0.627. The van der Waals surface area contributed by atoms with Crippen molar-refractivity contribution in [2.24, 2.45) is 0 Å². The zero-order valence-electron chi connectivity index (χ0n) is 9.74. The molecule has 0 bridgehead atoms. The molecule has 6 nitrogen and oxygen atoms in total. The first kappa shape index (κ1) is 13.4. The average molecular weight is 257 g/mol. The van der Waals surface area contributed by atoms with E-state index in [1.54, 1.807) is 6.92 Å². The van der Waals surface area contributed by atoms with Gasteiger partial charge < -0.3 is 15.7 Å². The van der Waals surface area contributed by atoms with Crippen LogP contribution < -0.4 is 10.6 Å².